The van der Waals surface area contributed by atoms with Crippen LogP contribution in [-0.2, 0) is 24.7 Å². The van der Waals surface area contributed by atoms with Crippen molar-refractivity contribution in [2.75, 3.05) is 6.73 Å². The van der Waals surface area contributed by atoms with Crippen LogP contribution in [-0.4, -0.2) is 69.1 Å². The lowest BCUT2D eigenvalue weighted by molar-refractivity contribution is -0.348. The summed E-state index contributed by atoms with van der Waals surface area (Å²) in [6.07, 6.45) is -17.1. The maximum absolute atomic E-state index is 14.8. The number of carbonyl (C=O) groups is 3. The van der Waals surface area contributed by atoms with E-state index in [0.717, 1.165) is 23.4 Å². The van der Waals surface area contributed by atoms with Crippen LogP contribution in [0.4, 0.5) is 43.9 Å². The van der Waals surface area contributed by atoms with Gasteiger partial charge in [-0.25, -0.2) is 9.07 Å². The summed E-state index contributed by atoms with van der Waals surface area (Å²) in [6.45, 7) is 4.31. The number of nitrogens with zero attached hydrogens (tertiary/aromatic N) is 4. The number of hydrogen-bond acceptors (Lipinski definition) is 8. The molecule has 56 heavy (non-hydrogen) atoms. The van der Waals surface area contributed by atoms with E-state index < -0.39 is 88.2 Å². The van der Waals surface area contributed by atoms with E-state index in [1.165, 1.54) is 12.1 Å². The van der Waals surface area contributed by atoms with Crippen LogP contribution < -0.4 is 4.74 Å². The molecule has 1 heterocycles. The first-order valence-electron chi connectivity index (χ1n) is 16.0. The molecular weight excluding hydrogens is 821 g/mol. The minimum atomic E-state index is -6.69. The Hall–Kier alpha value is -4.77. The van der Waals surface area contributed by atoms with Crippen LogP contribution in [0.15, 0.2) is 42.7 Å². The first-order valence-corrected chi connectivity index (χ1v) is 16.8. The van der Waals surface area contributed by atoms with Gasteiger partial charge in [0.05, 0.1) is 27.9 Å². The number of amides is 1. The van der Waals surface area contributed by atoms with Crippen molar-refractivity contribution in [1.29, 1.82) is 5.26 Å². The largest absolute Gasteiger partial charge is 0.573 e. The summed E-state index contributed by atoms with van der Waals surface area (Å²) >= 11 is 12.2. The van der Waals surface area contributed by atoms with E-state index >= 15 is 0 Å². The molecule has 1 fully saturated rings. The molecule has 1 aliphatic rings. The van der Waals surface area contributed by atoms with Crippen LogP contribution in [0.1, 0.15) is 68.8 Å². The van der Waals surface area contributed by atoms with Gasteiger partial charge in [-0.1, -0.05) is 29.3 Å². The Labute approximate surface area is 320 Å². The van der Waals surface area contributed by atoms with Gasteiger partial charge in [0, 0.05) is 30.2 Å². The Bertz CT molecular complexity index is 2020. The number of esters is 2. The number of rotatable bonds is 12. The van der Waals surface area contributed by atoms with E-state index in [1.54, 1.807) is 20.8 Å². The third kappa shape index (κ3) is 9.78. The Morgan fingerprint density at radius 3 is 2.04 bits per heavy atom. The van der Waals surface area contributed by atoms with Gasteiger partial charge in [0.1, 0.15) is 16.8 Å². The van der Waals surface area contributed by atoms with Gasteiger partial charge in [-0.15, -0.1) is 13.2 Å². The van der Waals surface area contributed by atoms with Gasteiger partial charge in [0.15, 0.2) is 12.5 Å². The summed E-state index contributed by atoms with van der Waals surface area (Å²) in [5.41, 5.74) is -11.9. The molecule has 0 unspecified atom stereocenters. The second kappa shape index (κ2) is 15.6. The zero-order valence-corrected chi connectivity index (χ0v) is 30.6. The van der Waals surface area contributed by atoms with Gasteiger partial charge < -0.3 is 14.2 Å². The van der Waals surface area contributed by atoms with Crippen molar-refractivity contribution in [3.8, 4) is 28.6 Å². The number of ether oxygens (including phenoxy) is 3. The zero-order valence-electron chi connectivity index (χ0n) is 29.1. The summed E-state index contributed by atoms with van der Waals surface area (Å²) < 4.78 is 150. The van der Waals surface area contributed by atoms with Crippen molar-refractivity contribution in [1.82, 2.24) is 14.7 Å². The molecule has 0 atom stereocenters. The standard InChI is InChI=1S/C34H28Cl2F10N4O6/c1-29(2,3)56-26(52)6-4-5-25(51)54-17-49(30(16-47)9-10-30)28(53)21-11-18(7-8-22(21)35)19-14-48-50(15-19)27-23(36)12-20(13-24(27)55-34(44,45)46)31(37,32(38,39)40)33(41,42)43/h7-8,11-15H,4-6,9-10,17H2,1-3H3. The number of carbonyl (C=O) groups excluding carboxylic acids is 3. The highest BCUT2D eigenvalue weighted by Gasteiger charge is 2.73. The molecule has 0 N–H and O–H groups in total. The molecule has 4 rings (SSSR count). The Morgan fingerprint density at radius 1 is 0.893 bits per heavy atom. The lowest BCUT2D eigenvalue weighted by Gasteiger charge is -2.31. The molecule has 1 saturated carbocycles. The SMILES string of the molecule is CC(C)(C)OC(=O)CCCC(=O)OCN(C(=O)c1cc(-c2cnn(-c3c(Cl)cc(C(F)(C(F)(F)F)C(F)(F)F)cc3OC(F)(F)F)c2)ccc1Cl)C1(C#N)CC1. The van der Waals surface area contributed by atoms with Gasteiger partial charge in [0.25, 0.3) is 5.91 Å². The number of hydrogen-bond donors (Lipinski definition) is 0. The van der Waals surface area contributed by atoms with E-state index in [2.05, 4.69) is 9.84 Å². The second-order valence-corrected chi connectivity index (χ2v) is 14.2. The molecule has 2 aromatic carbocycles. The molecule has 1 aliphatic carbocycles. The number of aromatic nitrogens is 2. The van der Waals surface area contributed by atoms with Crippen molar-refractivity contribution in [3.63, 3.8) is 0 Å². The zero-order chi connectivity index (χ0) is 42.2. The quantitative estimate of drug-likeness (QED) is 0.100. The first kappa shape index (κ1) is 44.0. The summed E-state index contributed by atoms with van der Waals surface area (Å²) in [6, 6.07) is 5.04. The molecule has 3 aromatic rings. The van der Waals surface area contributed by atoms with Crippen LogP contribution in [0.3, 0.4) is 0 Å². The number of benzene rings is 2. The molecule has 1 amide bonds. The van der Waals surface area contributed by atoms with Crippen molar-refractivity contribution >= 4 is 41.0 Å². The maximum atomic E-state index is 14.8. The van der Waals surface area contributed by atoms with Crippen molar-refractivity contribution in [3.05, 3.63) is 63.9 Å². The highest BCUT2D eigenvalue weighted by Crippen LogP contribution is 2.55. The smallest absolute Gasteiger partial charge is 0.460 e. The number of nitriles is 1. The average Bonchev–Trinajstić information content (AvgIpc) is 3.69. The lowest BCUT2D eigenvalue weighted by atomic mass is 9.93. The van der Waals surface area contributed by atoms with Crippen LogP contribution in [0.25, 0.3) is 16.8 Å². The average molecular weight is 850 g/mol. The topological polar surface area (TPSA) is 124 Å². The fourth-order valence-electron chi connectivity index (χ4n) is 5.21. The van der Waals surface area contributed by atoms with Crippen molar-refractivity contribution < 1.29 is 72.5 Å². The maximum Gasteiger partial charge on any atom is 0.573 e. The lowest BCUT2D eigenvalue weighted by Crippen LogP contribution is -2.50. The van der Waals surface area contributed by atoms with Crippen molar-refractivity contribution in [2.45, 2.75) is 88.4 Å². The Kier molecular flexibility index (Phi) is 12.3. The third-order valence-corrected chi connectivity index (χ3v) is 8.62. The summed E-state index contributed by atoms with van der Waals surface area (Å²) in [5.74, 6) is -4.02. The van der Waals surface area contributed by atoms with Crippen LogP contribution in [0, 0.1) is 11.3 Å². The van der Waals surface area contributed by atoms with Gasteiger partial charge in [-0.05, 0) is 69.9 Å². The summed E-state index contributed by atoms with van der Waals surface area (Å²) in [7, 11) is 0. The van der Waals surface area contributed by atoms with Crippen LogP contribution in [0.2, 0.25) is 10.0 Å². The molecule has 0 spiro atoms. The van der Waals surface area contributed by atoms with Gasteiger partial charge in [-0.3, -0.25) is 19.3 Å². The number of halogens is 12. The predicted octanol–water partition coefficient (Wildman–Crippen LogP) is 9.55. The van der Waals surface area contributed by atoms with Crippen LogP contribution >= 0.6 is 23.2 Å². The van der Waals surface area contributed by atoms with Gasteiger partial charge in [0.2, 0.25) is 0 Å². The molecular formula is C34H28Cl2F10N4O6. The van der Waals surface area contributed by atoms with Crippen molar-refractivity contribution in [2.24, 2.45) is 0 Å². The number of alkyl halides is 10. The predicted molar refractivity (Wildman–Crippen MR) is 175 cm³/mol. The minimum absolute atomic E-state index is 0.0383. The van der Waals surface area contributed by atoms with Crippen LogP contribution in [0.5, 0.6) is 5.75 Å². The monoisotopic (exact) mass is 848 g/mol. The minimum Gasteiger partial charge on any atom is -0.460 e. The molecule has 304 valence electrons. The Balaban J connectivity index is 1.65. The van der Waals surface area contributed by atoms with E-state index in [4.69, 9.17) is 32.7 Å². The van der Waals surface area contributed by atoms with E-state index in [9.17, 15) is 63.5 Å². The molecule has 10 nitrogen and oxygen atoms in total. The molecule has 0 aliphatic heterocycles. The summed E-state index contributed by atoms with van der Waals surface area (Å²) in [5, 5.41) is 12.2. The molecule has 1 aromatic heterocycles. The third-order valence-electron chi connectivity index (χ3n) is 8.00. The first-order chi connectivity index (χ1) is 25.6. The summed E-state index contributed by atoms with van der Waals surface area (Å²) in [4.78, 5) is 39.2. The normalized spacial score (nSPS) is 14.5. The Morgan fingerprint density at radius 2 is 1.50 bits per heavy atom. The molecule has 0 saturated heterocycles. The molecule has 22 heteroatoms. The fraction of sp³-hybridized carbons (Fsp3) is 0.441. The fourth-order valence-corrected chi connectivity index (χ4v) is 5.70. The van der Waals surface area contributed by atoms with E-state index in [-0.39, 0.29) is 59.9 Å². The molecule has 0 radical (unpaired) electrons. The highest BCUT2D eigenvalue weighted by atomic mass is 35.5. The van der Waals surface area contributed by atoms with E-state index in [1.807, 2.05) is 6.07 Å². The van der Waals surface area contributed by atoms with E-state index in [0.29, 0.717) is 4.68 Å². The molecule has 0 bridgehead atoms. The highest BCUT2D eigenvalue weighted by molar-refractivity contribution is 6.34. The second-order valence-electron chi connectivity index (χ2n) is 13.3. The van der Waals surface area contributed by atoms with Gasteiger partial charge >= 0.3 is 36.3 Å². The van der Waals surface area contributed by atoms with Gasteiger partial charge in [-0.2, -0.15) is 36.7 Å².